The van der Waals surface area contributed by atoms with Crippen LogP contribution in [0.5, 0.6) is 5.75 Å². The summed E-state index contributed by atoms with van der Waals surface area (Å²) in [4.78, 5) is 24.0. The molecule has 5 nitrogen and oxygen atoms in total. The highest BCUT2D eigenvalue weighted by Crippen LogP contribution is 2.25. The molecule has 0 fully saturated rings. The maximum Gasteiger partial charge on any atom is 0.387 e. The van der Waals surface area contributed by atoms with Crippen LogP contribution in [0.4, 0.5) is 18.9 Å². The summed E-state index contributed by atoms with van der Waals surface area (Å²) in [6.07, 6.45) is -1.15. The quantitative estimate of drug-likeness (QED) is 0.704. The van der Waals surface area contributed by atoms with E-state index in [0.717, 1.165) is 0 Å². The van der Waals surface area contributed by atoms with Crippen molar-refractivity contribution >= 4 is 17.6 Å². The first-order chi connectivity index (χ1) is 12.9. The molecule has 2 aromatic carbocycles. The Morgan fingerprint density at radius 2 is 1.74 bits per heavy atom. The van der Waals surface area contributed by atoms with Crippen LogP contribution < -0.4 is 10.1 Å². The van der Waals surface area contributed by atoms with Gasteiger partial charge in [0.1, 0.15) is 11.6 Å². The fourth-order valence-electron chi connectivity index (χ4n) is 2.25. The van der Waals surface area contributed by atoms with E-state index in [4.69, 9.17) is 4.74 Å². The lowest BCUT2D eigenvalue weighted by Crippen LogP contribution is -2.30. The molecule has 0 aliphatic heterocycles. The van der Waals surface area contributed by atoms with Gasteiger partial charge in [-0.1, -0.05) is 30.3 Å². The van der Waals surface area contributed by atoms with E-state index in [0.29, 0.717) is 5.56 Å². The predicted octanol–water partition coefficient (Wildman–Crippen LogP) is 3.93. The first-order valence-electron chi connectivity index (χ1n) is 8.14. The average molecular weight is 381 g/mol. The van der Waals surface area contributed by atoms with Gasteiger partial charge in [-0.3, -0.25) is 9.59 Å². The highest BCUT2D eigenvalue weighted by molar-refractivity contribution is 5.96. The van der Waals surface area contributed by atoms with Gasteiger partial charge in [0, 0.05) is 6.42 Å². The number of amides is 1. The van der Waals surface area contributed by atoms with E-state index in [1.54, 1.807) is 18.2 Å². The molecule has 0 bridgehead atoms. The molecule has 144 valence electrons. The van der Waals surface area contributed by atoms with Crippen molar-refractivity contribution in [3.8, 4) is 5.75 Å². The molecule has 8 heteroatoms. The third kappa shape index (κ3) is 6.32. The minimum atomic E-state index is -3.04. The van der Waals surface area contributed by atoms with Crippen LogP contribution in [-0.2, 0) is 20.7 Å². The molecular weight excluding hydrogens is 363 g/mol. The fourth-order valence-corrected chi connectivity index (χ4v) is 2.25. The first-order valence-corrected chi connectivity index (χ1v) is 8.14. The van der Waals surface area contributed by atoms with Crippen molar-refractivity contribution in [2.75, 3.05) is 5.32 Å². The van der Waals surface area contributed by atoms with E-state index in [9.17, 15) is 22.8 Å². The van der Waals surface area contributed by atoms with Crippen LogP contribution in [-0.4, -0.2) is 24.6 Å². The summed E-state index contributed by atoms with van der Waals surface area (Å²) in [6.45, 7) is -1.70. The summed E-state index contributed by atoms with van der Waals surface area (Å²) in [7, 11) is 0. The molecule has 2 aromatic rings. The molecular formula is C19H18F3NO4. The van der Waals surface area contributed by atoms with Gasteiger partial charge in [0.25, 0.3) is 5.91 Å². The molecule has 27 heavy (non-hydrogen) atoms. The Kier molecular flexibility index (Phi) is 7.22. The molecule has 1 amide bonds. The number of hydrogen-bond acceptors (Lipinski definition) is 4. The normalized spacial score (nSPS) is 11.7. The number of halogens is 3. The molecule has 0 radical (unpaired) electrons. The third-order valence-electron chi connectivity index (χ3n) is 3.59. The summed E-state index contributed by atoms with van der Waals surface area (Å²) >= 11 is 0. The molecule has 0 aromatic heterocycles. The van der Waals surface area contributed by atoms with Gasteiger partial charge in [-0.05, 0) is 37.1 Å². The van der Waals surface area contributed by atoms with E-state index in [1.165, 1.54) is 37.3 Å². The van der Waals surface area contributed by atoms with Crippen LogP contribution in [0, 0.1) is 5.82 Å². The van der Waals surface area contributed by atoms with Crippen molar-refractivity contribution in [1.82, 2.24) is 0 Å². The number of aryl methyl sites for hydroxylation is 1. The van der Waals surface area contributed by atoms with Crippen molar-refractivity contribution in [1.29, 1.82) is 0 Å². The first kappa shape index (κ1) is 20.3. The number of para-hydroxylation sites is 2. The van der Waals surface area contributed by atoms with Crippen molar-refractivity contribution in [2.45, 2.75) is 32.5 Å². The smallest absolute Gasteiger partial charge is 0.387 e. The Hall–Kier alpha value is -3.03. The Morgan fingerprint density at radius 3 is 2.44 bits per heavy atom. The second kappa shape index (κ2) is 9.61. The third-order valence-corrected chi connectivity index (χ3v) is 3.59. The summed E-state index contributed by atoms with van der Waals surface area (Å²) in [5.41, 5.74) is 0.390. The van der Waals surface area contributed by atoms with Gasteiger partial charge >= 0.3 is 12.6 Å². The van der Waals surface area contributed by atoms with Gasteiger partial charge in [0.05, 0.1) is 5.69 Å². The number of alkyl halides is 2. The summed E-state index contributed by atoms with van der Waals surface area (Å²) in [5, 5.41) is 2.37. The number of ether oxygens (including phenoxy) is 2. The maximum atomic E-state index is 13.5. The van der Waals surface area contributed by atoms with E-state index in [1.807, 2.05) is 0 Å². The van der Waals surface area contributed by atoms with E-state index >= 15 is 0 Å². The van der Waals surface area contributed by atoms with Crippen LogP contribution in [0.2, 0.25) is 0 Å². The molecule has 0 aliphatic carbocycles. The molecule has 1 atom stereocenters. The Balaban J connectivity index is 1.88. The van der Waals surface area contributed by atoms with Gasteiger partial charge < -0.3 is 14.8 Å². The van der Waals surface area contributed by atoms with E-state index in [2.05, 4.69) is 10.1 Å². The van der Waals surface area contributed by atoms with Crippen LogP contribution in [0.25, 0.3) is 0 Å². The highest BCUT2D eigenvalue weighted by atomic mass is 19.3. The average Bonchev–Trinajstić information content (AvgIpc) is 2.62. The van der Waals surface area contributed by atoms with Crippen LogP contribution in [0.3, 0.4) is 0 Å². The molecule has 0 saturated heterocycles. The minimum Gasteiger partial charge on any atom is -0.453 e. The van der Waals surface area contributed by atoms with Gasteiger partial charge in [0.15, 0.2) is 6.10 Å². The molecule has 1 unspecified atom stereocenters. The summed E-state index contributed by atoms with van der Waals surface area (Å²) in [5.74, 6) is -2.02. The van der Waals surface area contributed by atoms with Crippen molar-refractivity contribution < 1.29 is 32.2 Å². The van der Waals surface area contributed by atoms with E-state index in [-0.39, 0.29) is 24.3 Å². The Labute approximate surface area is 154 Å². The van der Waals surface area contributed by atoms with Gasteiger partial charge in [-0.2, -0.15) is 8.78 Å². The zero-order valence-corrected chi connectivity index (χ0v) is 14.5. The number of carbonyl (C=O) groups is 2. The number of nitrogens with one attached hydrogen (secondary N) is 1. The van der Waals surface area contributed by atoms with Gasteiger partial charge in [-0.25, -0.2) is 4.39 Å². The monoisotopic (exact) mass is 381 g/mol. The number of rotatable bonds is 8. The predicted molar refractivity (Wildman–Crippen MR) is 92.0 cm³/mol. The number of hydrogen-bond donors (Lipinski definition) is 1. The Bertz CT molecular complexity index is 798. The minimum absolute atomic E-state index is 0.0251. The zero-order valence-electron chi connectivity index (χ0n) is 14.5. The second-order valence-corrected chi connectivity index (χ2v) is 5.59. The summed E-state index contributed by atoms with van der Waals surface area (Å²) < 4.78 is 47.6. The largest absolute Gasteiger partial charge is 0.453 e. The standard InChI is InChI=1S/C19H18F3NO4/c1-12(26-17(24)11-10-13-6-2-3-7-14(13)20)18(25)23-15-8-4-5-9-16(15)27-19(21)22/h2-9,12,19H,10-11H2,1H3,(H,23,25). The van der Waals surface area contributed by atoms with E-state index < -0.39 is 30.4 Å². The lowest BCUT2D eigenvalue weighted by atomic mass is 10.1. The van der Waals surface area contributed by atoms with Crippen LogP contribution >= 0.6 is 0 Å². The number of esters is 1. The van der Waals surface area contributed by atoms with Crippen molar-refractivity contribution in [2.24, 2.45) is 0 Å². The van der Waals surface area contributed by atoms with Gasteiger partial charge in [0.2, 0.25) is 0 Å². The number of benzene rings is 2. The highest BCUT2D eigenvalue weighted by Gasteiger charge is 2.20. The molecule has 2 rings (SSSR count). The van der Waals surface area contributed by atoms with Gasteiger partial charge in [-0.15, -0.1) is 0 Å². The van der Waals surface area contributed by atoms with Crippen LogP contribution in [0.15, 0.2) is 48.5 Å². The zero-order chi connectivity index (χ0) is 19.8. The lowest BCUT2D eigenvalue weighted by molar-refractivity contribution is -0.153. The fraction of sp³-hybridized carbons (Fsp3) is 0.263. The molecule has 0 saturated carbocycles. The lowest BCUT2D eigenvalue weighted by Gasteiger charge is -2.15. The molecule has 1 N–H and O–H groups in total. The van der Waals surface area contributed by atoms with Crippen molar-refractivity contribution in [3.05, 3.63) is 59.9 Å². The topological polar surface area (TPSA) is 64.6 Å². The SMILES string of the molecule is CC(OC(=O)CCc1ccccc1F)C(=O)Nc1ccccc1OC(F)F. The second-order valence-electron chi connectivity index (χ2n) is 5.59. The molecule has 0 aliphatic rings. The van der Waals surface area contributed by atoms with Crippen molar-refractivity contribution in [3.63, 3.8) is 0 Å². The van der Waals surface area contributed by atoms with Crippen LogP contribution in [0.1, 0.15) is 18.9 Å². The number of carbonyl (C=O) groups excluding carboxylic acids is 2. The maximum absolute atomic E-state index is 13.5. The summed E-state index contributed by atoms with van der Waals surface area (Å²) in [6, 6.07) is 11.7. The molecule has 0 heterocycles. The Morgan fingerprint density at radius 1 is 1.07 bits per heavy atom. The number of anilines is 1. The molecule has 0 spiro atoms.